The number of fused-ring (bicyclic) bond motifs is 3. The molecule has 3 aliphatic heterocycles. The molecule has 1 unspecified atom stereocenters. The van der Waals surface area contributed by atoms with E-state index in [-0.39, 0.29) is 40.4 Å². The molecule has 2 aromatic carbocycles. The van der Waals surface area contributed by atoms with Crippen LogP contribution in [0.4, 0.5) is 4.39 Å². The third-order valence-corrected chi connectivity index (χ3v) is 11.5. The average Bonchev–Trinajstić information content (AvgIpc) is 3.54. The molecule has 51 heavy (non-hydrogen) atoms. The monoisotopic (exact) mass is 758 g/mol. The van der Waals surface area contributed by atoms with Gasteiger partial charge in [0.1, 0.15) is 26.8 Å². The van der Waals surface area contributed by atoms with Crippen LogP contribution in [0.5, 0.6) is 11.5 Å². The number of aromatic carboxylic acids is 1. The number of nitrogens with one attached hydrogen (secondary N) is 1. The summed E-state index contributed by atoms with van der Waals surface area (Å²) in [5.74, 6) is -1.30. The van der Waals surface area contributed by atoms with Crippen molar-refractivity contribution in [1.29, 1.82) is 0 Å². The summed E-state index contributed by atoms with van der Waals surface area (Å²) < 4.78 is 32.8. The van der Waals surface area contributed by atoms with Crippen LogP contribution < -0.4 is 19.5 Å². The smallest absolute Gasteiger partial charge is 0.346 e. The SMILES string of the molecule is COc1ccc([C@H](Cc2c(Cl)c[n+](O)cc2Cl)c2cc(CNC(CC(=O)O[C@H]3CN4CCC3CC4)c3ccccc3F)sc2C(=O)O)cc1OC. The van der Waals surface area contributed by atoms with Crippen LogP contribution in [-0.2, 0) is 22.5 Å². The standard InChI is InChI=1S/C37H38Cl2FN3O7S/c1-48-32-8-7-22(13-33(32)49-2)25(15-27-28(38)18-43(47)19-29(27)39)26-14-23(51-36(26)37(45)46)17-41-31(24-5-3-4-6-30(24)40)16-35(44)50-34-20-42-11-9-21(34)10-12-42/h3-8,13-14,18-19,21,25,31,34,41H,9-12,15-17,20H2,1-2H3,(H-,45,46,47)/p+1/t25-,31?,34-/m0/s1. The van der Waals surface area contributed by atoms with Crippen molar-refractivity contribution in [2.75, 3.05) is 33.9 Å². The number of benzene rings is 2. The molecule has 270 valence electrons. The van der Waals surface area contributed by atoms with E-state index in [2.05, 4.69) is 10.2 Å². The second kappa shape index (κ2) is 16.2. The van der Waals surface area contributed by atoms with Crippen molar-refractivity contribution in [3.8, 4) is 11.5 Å². The minimum absolute atomic E-state index is 0.0937. The predicted octanol–water partition coefficient (Wildman–Crippen LogP) is 6.67. The van der Waals surface area contributed by atoms with Gasteiger partial charge in [-0.2, -0.15) is 0 Å². The molecule has 0 aliphatic carbocycles. The van der Waals surface area contributed by atoms with Gasteiger partial charge in [-0.05, 0) is 73.7 Å². The van der Waals surface area contributed by atoms with E-state index in [0.29, 0.717) is 51.1 Å². The molecule has 10 nitrogen and oxygen atoms in total. The van der Waals surface area contributed by atoms with E-state index in [1.807, 2.05) is 6.07 Å². The number of piperidine rings is 3. The van der Waals surface area contributed by atoms with Crippen LogP contribution >= 0.6 is 34.5 Å². The fourth-order valence-electron chi connectivity index (χ4n) is 7.09. The first-order valence-corrected chi connectivity index (χ1v) is 18.2. The summed E-state index contributed by atoms with van der Waals surface area (Å²) in [5.41, 5.74) is 2.02. The number of carbonyl (C=O) groups is 2. The maximum Gasteiger partial charge on any atom is 0.346 e. The molecule has 5 heterocycles. The molecule has 14 heteroatoms. The largest absolute Gasteiger partial charge is 0.493 e. The number of carboxylic acid groups (broad SMARTS) is 1. The number of rotatable bonds is 14. The van der Waals surface area contributed by atoms with Crippen molar-refractivity contribution in [2.45, 2.75) is 50.3 Å². The first-order valence-electron chi connectivity index (χ1n) is 16.6. The van der Waals surface area contributed by atoms with Crippen LogP contribution in [0.3, 0.4) is 0 Å². The van der Waals surface area contributed by atoms with E-state index in [9.17, 15) is 19.9 Å². The molecule has 0 spiro atoms. The fraction of sp³-hybridized carbons (Fsp3) is 0.378. The zero-order valence-corrected chi connectivity index (χ0v) is 30.4. The molecule has 3 fully saturated rings. The predicted molar refractivity (Wildman–Crippen MR) is 190 cm³/mol. The van der Waals surface area contributed by atoms with Crippen molar-refractivity contribution >= 4 is 46.5 Å². The van der Waals surface area contributed by atoms with Gasteiger partial charge in [-0.3, -0.25) is 14.9 Å². The van der Waals surface area contributed by atoms with E-state index in [0.717, 1.165) is 42.0 Å². The molecule has 4 aromatic rings. The molecule has 3 atom stereocenters. The quantitative estimate of drug-likeness (QED) is 0.0736. The number of carbonyl (C=O) groups excluding carboxylic acids is 1. The van der Waals surface area contributed by atoms with Crippen molar-refractivity contribution in [3.05, 3.63) is 109 Å². The van der Waals surface area contributed by atoms with Crippen LogP contribution in [0.2, 0.25) is 10.0 Å². The number of pyridine rings is 1. The molecule has 3 saturated heterocycles. The Labute approximate surface area is 309 Å². The first-order chi connectivity index (χ1) is 24.5. The van der Waals surface area contributed by atoms with Crippen LogP contribution in [0.15, 0.2) is 60.9 Å². The lowest BCUT2D eigenvalue weighted by molar-refractivity contribution is -0.904. The van der Waals surface area contributed by atoms with E-state index in [1.54, 1.807) is 36.4 Å². The van der Waals surface area contributed by atoms with Gasteiger partial charge in [0.05, 0.1) is 20.6 Å². The lowest BCUT2D eigenvalue weighted by atomic mass is 9.85. The molecule has 2 aromatic heterocycles. The van der Waals surface area contributed by atoms with Gasteiger partial charge >= 0.3 is 11.9 Å². The molecule has 7 rings (SSSR count). The molecule has 0 saturated carbocycles. The fourth-order valence-corrected chi connectivity index (χ4v) is 8.70. The van der Waals surface area contributed by atoms with Gasteiger partial charge in [-0.25, -0.2) is 9.18 Å². The number of hydrogen-bond acceptors (Lipinski definition) is 9. The lowest BCUT2D eigenvalue weighted by Crippen LogP contribution is -2.52. The van der Waals surface area contributed by atoms with Crippen molar-refractivity contribution < 1.29 is 43.2 Å². The molecule has 0 radical (unpaired) electrons. The van der Waals surface area contributed by atoms with Crippen LogP contribution in [-0.4, -0.2) is 67.1 Å². The number of ether oxygens (including phenoxy) is 3. The Kier molecular flexibility index (Phi) is 11.7. The zero-order chi connectivity index (χ0) is 36.2. The minimum Gasteiger partial charge on any atom is -0.493 e. The second-order valence-corrected chi connectivity index (χ2v) is 14.8. The topological polar surface area (TPSA) is 121 Å². The molecule has 3 N–H and O–H groups in total. The number of carboxylic acids is 1. The van der Waals surface area contributed by atoms with Gasteiger partial charge in [0, 0.05) is 45.8 Å². The number of thiophene rings is 1. The van der Waals surface area contributed by atoms with Gasteiger partial charge in [0.15, 0.2) is 11.5 Å². The summed E-state index contributed by atoms with van der Waals surface area (Å²) in [4.78, 5) is 29.1. The first kappa shape index (κ1) is 36.8. The normalized spacial score (nSPS) is 19.4. The van der Waals surface area contributed by atoms with E-state index < -0.39 is 29.7 Å². The van der Waals surface area contributed by atoms with E-state index >= 15 is 4.39 Å². The number of esters is 1. The lowest BCUT2D eigenvalue weighted by Gasteiger charge is -2.44. The van der Waals surface area contributed by atoms with Gasteiger partial charge in [-0.15, -0.1) is 11.3 Å². The zero-order valence-electron chi connectivity index (χ0n) is 28.1. The third kappa shape index (κ3) is 8.42. The number of halogens is 3. The molecule has 3 aliphatic rings. The number of aromatic nitrogens is 1. The number of hydrogen-bond donors (Lipinski definition) is 3. The Morgan fingerprint density at radius 2 is 1.75 bits per heavy atom. The summed E-state index contributed by atoms with van der Waals surface area (Å²) in [6.45, 7) is 2.89. The Hall–Kier alpha value is -3.94. The Morgan fingerprint density at radius 1 is 1.04 bits per heavy atom. The summed E-state index contributed by atoms with van der Waals surface area (Å²) >= 11 is 14.2. The highest BCUT2D eigenvalue weighted by Gasteiger charge is 2.37. The molecule has 2 bridgehead atoms. The van der Waals surface area contributed by atoms with Gasteiger partial charge < -0.3 is 24.6 Å². The molecular formula is C37H39Cl2FN3O7S+. The molecular weight excluding hydrogens is 720 g/mol. The average molecular weight is 760 g/mol. The highest BCUT2D eigenvalue weighted by Crippen LogP contribution is 2.41. The maximum absolute atomic E-state index is 15.1. The highest BCUT2D eigenvalue weighted by atomic mass is 35.5. The van der Waals surface area contributed by atoms with Crippen LogP contribution in [0, 0.1) is 11.7 Å². The van der Waals surface area contributed by atoms with Crippen molar-refractivity contribution in [2.24, 2.45) is 5.92 Å². The molecule has 0 amide bonds. The summed E-state index contributed by atoms with van der Waals surface area (Å²) in [7, 11) is 3.03. The Bertz CT molecular complexity index is 1880. The number of methoxy groups -OCH3 is 2. The third-order valence-electron chi connectivity index (χ3n) is 9.72. The van der Waals surface area contributed by atoms with Gasteiger partial charge in [0.2, 0.25) is 12.4 Å². The maximum atomic E-state index is 15.1. The van der Waals surface area contributed by atoms with E-state index in [1.165, 1.54) is 32.7 Å². The minimum atomic E-state index is -1.13. The van der Waals surface area contributed by atoms with E-state index in [4.69, 9.17) is 37.4 Å². The Balaban J connectivity index is 1.31. The van der Waals surface area contributed by atoms with Crippen LogP contribution in [0.25, 0.3) is 0 Å². The highest BCUT2D eigenvalue weighted by molar-refractivity contribution is 7.14. The van der Waals surface area contributed by atoms with Crippen LogP contribution in [0.1, 0.15) is 68.0 Å². The summed E-state index contributed by atoms with van der Waals surface area (Å²) in [6, 6.07) is 12.7. The van der Waals surface area contributed by atoms with Crippen molar-refractivity contribution in [1.82, 2.24) is 10.2 Å². The second-order valence-electron chi connectivity index (χ2n) is 12.8. The number of nitrogens with zero attached hydrogens (tertiary/aromatic N) is 2. The summed E-state index contributed by atoms with van der Waals surface area (Å²) in [5, 5.41) is 24.1. The Morgan fingerprint density at radius 3 is 2.37 bits per heavy atom. The van der Waals surface area contributed by atoms with Gasteiger partial charge in [0.25, 0.3) is 0 Å². The van der Waals surface area contributed by atoms with Gasteiger partial charge in [-0.1, -0.05) is 47.5 Å². The van der Waals surface area contributed by atoms with Crippen molar-refractivity contribution in [3.63, 3.8) is 0 Å². The summed E-state index contributed by atoms with van der Waals surface area (Å²) in [6.07, 6.45) is 4.50.